The molecule has 1 nitrogen and oxygen atoms in total. The van der Waals surface area contributed by atoms with Crippen molar-refractivity contribution in [1.82, 2.24) is 0 Å². The van der Waals surface area contributed by atoms with Crippen LogP contribution < -0.4 is 4.90 Å². The molecular weight excluding hydrogens is 1240 g/mol. The van der Waals surface area contributed by atoms with Crippen LogP contribution in [0.1, 0.15) is 95.8 Å². The molecule has 0 amide bonds. The van der Waals surface area contributed by atoms with Crippen LogP contribution in [0, 0.1) is 5.41 Å². The van der Waals surface area contributed by atoms with Crippen LogP contribution in [0.15, 0.2) is 89.4 Å². The van der Waals surface area contributed by atoms with Gasteiger partial charge in [0.1, 0.15) is 0 Å². The van der Waals surface area contributed by atoms with E-state index in [1.165, 1.54) is 69.0 Å². The predicted octanol–water partition coefficient (Wildman–Crippen LogP) is 18.1. The van der Waals surface area contributed by atoms with Gasteiger partial charge in [-0.05, 0) is 109 Å². The molecule has 0 bridgehead atoms. The molecule has 51 heavy (non-hydrogen) atoms. The van der Waals surface area contributed by atoms with Gasteiger partial charge in [0.25, 0.3) is 0 Å². The molecule has 0 saturated heterocycles. The van der Waals surface area contributed by atoms with Crippen molar-refractivity contribution in [3.63, 3.8) is 0 Å². The molecule has 4 atom stereocenters. The van der Waals surface area contributed by atoms with E-state index in [1.54, 1.807) is 35.4 Å². The van der Waals surface area contributed by atoms with Gasteiger partial charge >= 0.3 is 63.7 Å². The van der Waals surface area contributed by atoms with Crippen LogP contribution in [0.25, 0.3) is 0 Å². The van der Waals surface area contributed by atoms with E-state index in [4.69, 9.17) is 46.4 Å². The van der Waals surface area contributed by atoms with E-state index in [0.29, 0.717) is 30.9 Å². The average molecular weight is 1280 g/mol. The van der Waals surface area contributed by atoms with Crippen molar-refractivity contribution in [2.24, 2.45) is 5.41 Å². The maximum absolute atomic E-state index is 6.30. The molecular formula is C41H44BrCl4I4N. The Morgan fingerprint density at radius 1 is 0.608 bits per heavy atom. The SMILES string of the molecule is CC12CCCCC1(C)N(c1cc(Cl)cc(Cl)c1)c1ccccc12.CC12CCCCC1(C)c1ccccc1C2.Clc1cc(Cl)cc(Br)c1.II(I)I. The minimum atomic E-state index is -0.353. The zero-order valence-electron chi connectivity index (χ0n) is 29.3. The first-order valence-electron chi connectivity index (χ1n) is 17.3. The summed E-state index contributed by atoms with van der Waals surface area (Å²) in [6.07, 6.45) is 11.9. The van der Waals surface area contributed by atoms with Gasteiger partial charge in [-0.3, -0.25) is 0 Å². The summed E-state index contributed by atoms with van der Waals surface area (Å²) >= 11 is 34.5. The van der Waals surface area contributed by atoms with Crippen LogP contribution in [-0.2, 0) is 17.3 Å². The average Bonchev–Trinajstić information content (AvgIpc) is 3.41. The molecule has 4 unspecified atom stereocenters. The van der Waals surface area contributed by atoms with Gasteiger partial charge in [-0.2, -0.15) is 0 Å². The molecule has 1 aliphatic heterocycles. The number of halogens is 9. The van der Waals surface area contributed by atoms with Gasteiger partial charge in [0, 0.05) is 41.4 Å². The number of hydrogen-bond donors (Lipinski definition) is 0. The van der Waals surface area contributed by atoms with Crippen LogP contribution in [-0.4, -0.2) is 5.54 Å². The molecule has 0 aromatic heterocycles. The molecule has 4 aromatic carbocycles. The molecule has 2 saturated carbocycles. The standard InChI is InChI=1S/C20H21Cl2N.C15H20.C6H3BrCl2.I4/c1-19-9-5-6-10-20(19,2)23(18-8-4-3-7-17(18)19)16-12-14(21)11-15(22)13-16;1-14-9-5-6-10-15(14,2)13-8-4-3-7-12(13)11-14;7-4-1-5(8)3-6(9)2-4;1-4(2)3/h3-4,7-8,11-13H,5-6,9-10H2,1-2H3;3-4,7-8H,5-6,9-11H2,1-2H3;1-3H;. The molecule has 3 aliphatic carbocycles. The van der Waals surface area contributed by atoms with Gasteiger partial charge in [-0.15, -0.1) is 0 Å². The fourth-order valence-electron chi connectivity index (χ4n) is 9.24. The summed E-state index contributed by atoms with van der Waals surface area (Å²) in [5, 5.41) is 2.68. The van der Waals surface area contributed by atoms with E-state index in [1.807, 2.05) is 12.1 Å². The first-order valence-corrected chi connectivity index (χ1v) is 38.4. The van der Waals surface area contributed by atoms with Crippen molar-refractivity contribution in [3.8, 4) is 0 Å². The first-order chi connectivity index (χ1) is 24.0. The Morgan fingerprint density at radius 2 is 1.08 bits per heavy atom. The van der Waals surface area contributed by atoms with Crippen LogP contribution in [0.3, 0.4) is 0 Å². The van der Waals surface area contributed by atoms with E-state index >= 15 is 0 Å². The molecule has 276 valence electrons. The summed E-state index contributed by atoms with van der Waals surface area (Å²) < 4.78 is 0.903. The van der Waals surface area contributed by atoms with E-state index < -0.39 is 0 Å². The van der Waals surface area contributed by atoms with E-state index in [0.717, 1.165) is 10.2 Å². The zero-order valence-corrected chi connectivity index (χ0v) is 42.5. The third kappa shape index (κ3) is 9.52. The zero-order chi connectivity index (χ0) is 37.2. The molecule has 2 fully saturated rings. The van der Waals surface area contributed by atoms with Gasteiger partial charge < -0.3 is 4.90 Å². The van der Waals surface area contributed by atoms with Crippen molar-refractivity contribution in [2.75, 3.05) is 4.90 Å². The number of para-hydroxylation sites is 1. The minimum absolute atomic E-state index is 0.0585. The van der Waals surface area contributed by atoms with Crippen molar-refractivity contribution in [1.29, 1.82) is 0 Å². The molecule has 0 spiro atoms. The second kappa shape index (κ2) is 18.2. The summed E-state index contributed by atoms with van der Waals surface area (Å²) in [7, 11) is -0.353. The number of fused-ring (bicyclic) bond motifs is 6. The van der Waals surface area contributed by atoms with Crippen molar-refractivity contribution in [2.45, 2.75) is 102 Å². The summed E-state index contributed by atoms with van der Waals surface area (Å²) in [5.41, 5.74) is 8.34. The Kier molecular flexibility index (Phi) is 15.5. The fraction of sp³-hybridized carbons (Fsp3) is 0.415. The van der Waals surface area contributed by atoms with E-state index in [2.05, 4.69) is 153 Å². The Balaban J connectivity index is 0.000000154. The summed E-state index contributed by atoms with van der Waals surface area (Å²) in [6, 6.07) is 29.1. The molecule has 1 heterocycles. The van der Waals surface area contributed by atoms with Crippen molar-refractivity contribution >= 4 is 137 Å². The summed E-state index contributed by atoms with van der Waals surface area (Å²) in [4.78, 5) is 2.49. The first kappa shape index (κ1) is 43.4. The van der Waals surface area contributed by atoms with E-state index in [9.17, 15) is 0 Å². The topological polar surface area (TPSA) is 3.24 Å². The van der Waals surface area contributed by atoms with Gasteiger partial charge in [0.2, 0.25) is 0 Å². The molecule has 0 radical (unpaired) electrons. The number of benzene rings is 4. The van der Waals surface area contributed by atoms with Gasteiger partial charge in [-0.1, -0.05) is 151 Å². The Labute approximate surface area is 370 Å². The predicted molar refractivity (Wildman–Crippen MR) is 264 cm³/mol. The van der Waals surface area contributed by atoms with Crippen molar-refractivity contribution < 1.29 is 0 Å². The van der Waals surface area contributed by atoms with Gasteiger partial charge in [-0.25, -0.2) is 0 Å². The second-order valence-corrected chi connectivity index (χ2v) is 66.4. The summed E-state index contributed by atoms with van der Waals surface area (Å²) in [6.45, 7) is 9.84. The number of anilines is 2. The van der Waals surface area contributed by atoms with E-state index in [-0.39, 0.29) is 18.8 Å². The summed E-state index contributed by atoms with van der Waals surface area (Å²) in [5.74, 6) is 0. The van der Waals surface area contributed by atoms with Gasteiger partial charge in [0.15, 0.2) is 0 Å². The molecule has 10 heteroatoms. The number of nitrogens with zero attached hydrogens (tertiary/aromatic N) is 1. The normalized spacial score (nSPS) is 27.1. The fourth-order valence-corrected chi connectivity index (χ4v) is 11.0. The molecule has 4 aliphatic rings. The Bertz CT molecular complexity index is 1770. The Morgan fingerprint density at radius 3 is 1.67 bits per heavy atom. The third-order valence-corrected chi connectivity index (χ3v) is 13.5. The van der Waals surface area contributed by atoms with Crippen molar-refractivity contribution in [3.05, 3.63) is 126 Å². The van der Waals surface area contributed by atoms with Crippen LogP contribution in [0.2, 0.25) is 20.1 Å². The van der Waals surface area contributed by atoms with Gasteiger partial charge in [0.05, 0.1) is 5.54 Å². The second-order valence-electron chi connectivity index (χ2n) is 15.0. The van der Waals surface area contributed by atoms with Crippen LogP contribution in [0.4, 0.5) is 11.4 Å². The molecule has 0 N–H and O–H groups in total. The monoisotopic (exact) mass is 1280 g/mol. The third-order valence-electron chi connectivity index (χ3n) is 12.1. The molecule has 4 aromatic rings. The number of rotatable bonds is 1. The maximum atomic E-state index is 6.30. The Hall–Kier alpha value is 1.24. The molecule has 8 rings (SSSR count). The van der Waals surface area contributed by atoms with Crippen LogP contribution in [0.5, 0.6) is 0 Å². The number of hydrogen-bond acceptors (Lipinski definition) is 1. The quantitative estimate of drug-likeness (QED) is 0.172. The van der Waals surface area contributed by atoms with Crippen LogP contribution >= 0.6 is 126 Å².